The summed E-state index contributed by atoms with van der Waals surface area (Å²) in [7, 11) is 0. The lowest BCUT2D eigenvalue weighted by molar-refractivity contribution is -0.136. The van der Waals surface area contributed by atoms with E-state index in [9.17, 15) is 4.79 Å². The second kappa shape index (κ2) is 6.29. The molecule has 0 spiro atoms. The van der Waals surface area contributed by atoms with Crippen LogP contribution in [0.4, 0.5) is 0 Å². The maximum atomic E-state index is 10.6. The van der Waals surface area contributed by atoms with Crippen molar-refractivity contribution in [1.29, 1.82) is 0 Å². The Morgan fingerprint density at radius 3 is 3.22 bits per heavy atom. The van der Waals surface area contributed by atoms with Crippen LogP contribution in [0.2, 0.25) is 0 Å². The molecule has 0 aromatic carbocycles. The molecule has 1 aromatic heterocycles. The van der Waals surface area contributed by atoms with E-state index in [0.717, 1.165) is 29.4 Å². The third kappa shape index (κ3) is 3.78. The molecular weight excluding hydrogens is 248 g/mol. The van der Waals surface area contributed by atoms with Crippen LogP contribution in [0.5, 0.6) is 0 Å². The summed E-state index contributed by atoms with van der Waals surface area (Å²) in [5.74, 6) is -0.0949. The molecule has 1 aromatic rings. The van der Waals surface area contributed by atoms with Crippen LogP contribution in [0.3, 0.4) is 0 Å². The molecule has 0 radical (unpaired) electrons. The molecule has 1 saturated heterocycles. The minimum absolute atomic E-state index is 0.101. The first-order valence-electron chi connectivity index (χ1n) is 6.55. The van der Waals surface area contributed by atoms with Crippen molar-refractivity contribution >= 4 is 17.3 Å². The normalized spacial score (nSPS) is 21.1. The van der Waals surface area contributed by atoms with E-state index >= 15 is 0 Å². The summed E-state index contributed by atoms with van der Waals surface area (Å²) < 4.78 is 0. The summed E-state index contributed by atoms with van der Waals surface area (Å²) in [6.45, 7) is 5.70. The van der Waals surface area contributed by atoms with Gasteiger partial charge in [-0.05, 0) is 31.8 Å². The standard InChI is InChI=1S/C13H20N2O2S/c1-2-15-5-3-4-10(9-15)6-12-14-8-11(18-12)7-13(16)17/h8,10H,2-7,9H2,1H3,(H,16,17). The van der Waals surface area contributed by atoms with Gasteiger partial charge in [-0.25, -0.2) is 4.98 Å². The summed E-state index contributed by atoms with van der Waals surface area (Å²) in [4.78, 5) is 18.3. The quantitative estimate of drug-likeness (QED) is 0.888. The van der Waals surface area contributed by atoms with Crippen LogP contribution < -0.4 is 0 Å². The Kier molecular flexibility index (Phi) is 4.72. The highest BCUT2D eigenvalue weighted by molar-refractivity contribution is 7.11. The molecule has 0 bridgehead atoms. The van der Waals surface area contributed by atoms with Gasteiger partial charge in [-0.3, -0.25) is 4.79 Å². The first-order valence-corrected chi connectivity index (χ1v) is 7.36. The molecule has 0 amide bonds. The molecule has 2 rings (SSSR count). The summed E-state index contributed by atoms with van der Waals surface area (Å²) in [5, 5.41) is 9.83. The van der Waals surface area contributed by atoms with Crippen molar-refractivity contribution in [3.8, 4) is 0 Å². The highest BCUT2D eigenvalue weighted by atomic mass is 32.1. The number of likely N-dealkylation sites (tertiary alicyclic amines) is 1. The smallest absolute Gasteiger partial charge is 0.308 e. The van der Waals surface area contributed by atoms with Crippen molar-refractivity contribution in [2.45, 2.75) is 32.6 Å². The predicted molar refractivity (Wildman–Crippen MR) is 72.0 cm³/mol. The first-order chi connectivity index (χ1) is 8.67. The second-order valence-electron chi connectivity index (χ2n) is 4.90. The Bertz CT molecular complexity index is 405. The van der Waals surface area contributed by atoms with Crippen LogP contribution in [-0.2, 0) is 17.6 Å². The number of hydrogen-bond acceptors (Lipinski definition) is 4. The Labute approximate surface area is 112 Å². The molecule has 4 nitrogen and oxygen atoms in total. The molecule has 0 aliphatic carbocycles. The van der Waals surface area contributed by atoms with Crippen LogP contribution in [-0.4, -0.2) is 40.6 Å². The van der Waals surface area contributed by atoms with Gasteiger partial charge in [0.25, 0.3) is 0 Å². The Hall–Kier alpha value is -0.940. The summed E-state index contributed by atoms with van der Waals surface area (Å²) in [5.41, 5.74) is 0. The lowest BCUT2D eigenvalue weighted by Gasteiger charge is -2.31. The SMILES string of the molecule is CCN1CCCC(Cc2ncc(CC(=O)O)s2)C1. The molecule has 0 saturated carbocycles. The number of piperidine rings is 1. The number of aromatic nitrogens is 1. The maximum Gasteiger partial charge on any atom is 0.308 e. The molecular formula is C13H20N2O2S. The number of hydrogen-bond donors (Lipinski definition) is 1. The third-order valence-corrected chi connectivity index (χ3v) is 4.46. The van der Waals surface area contributed by atoms with Crippen LogP contribution in [0.15, 0.2) is 6.20 Å². The number of thiazole rings is 1. The van der Waals surface area contributed by atoms with Crippen LogP contribution >= 0.6 is 11.3 Å². The van der Waals surface area contributed by atoms with E-state index in [1.54, 1.807) is 17.5 Å². The average molecular weight is 268 g/mol. The van der Waals surface area contributed by atoms with Gasteiger partial charge in [-0.1, -0.05) is 6.92 Å². The van der Waals surface area contributed by atoms with E-state index in [2.05, 4.69) is 16.8 Å². The Balaban J connectivity index is 1.88. The highest BCUT2D eigenvalue weighted by Gasteiger charge is 2.20. The van der Waals surface area contributed by atoms with Gasteiger partial charge in [0, 0.05) is 24.0 Å². The van der Waals surface area contributed by atoms with Crippen molar-refractivity contribution in [3.63, 3.8) is 0 Å². The molecule has 1 aliphatic heterocycles. The van der Waals surface area contributed by atoms with Gasteiger partial charge in [0.1, 0.15) is 0 Å². The van der Waals surface area contributed by atoms with Crippen molar-refractivity contribution in [2.24, 2.45) is 5.92 Å². The van der Waals surface area contributed by atoms with Crippen LogP contribution in [0.25, 0.3) is 0 Å². The molecule has 100 valence electrons. The molecule has 2 heterocycles. The zero-order chi connectivity index (χ0) is 13.0. The summed E-state index contributed by atoms with van der Waals surface area (Å²) >= 11 is 1.55. The third-order valence-electron chi connectivity index (χ3n) is 3.44. The Morgan fingerprint density at radius 1 is 1.67 bits per heavy atom. The van der Waals surface area contributed by atoms with Gasteiger partial charge in [-0.2, -0.15) is 0 Å². The number of nitrogens with zero attached hydrogens (tertiary/aromatic N) is 2. The van der Waals surface area contributed by atoms with Gasteiger partial charge in [0.05, 0.1) is 11.4 Å². The number of carbonyl (C=O) groups is 1. The molecule has 1 fully saturated rings. The zero-order valence-electron chi connectivity index (χ0n) is 10.8. The molecule has 18 heavy (non-hydrogen) atoms. The topological polar surface area (TPSA) is 53.4 Å². The van der Waals surface area contributed by atoms with Crippen molar-refractivity contribution in [3.05, 3.63) is 16.1 Å². The molecule has 1 aliphatic rings. The van der Waals surface area contributed by atoms with Gasteiger partial charge in [0.2, 0.25) is 0 Å². The van der Waals surface area contributed by atoms with Gasteiger partial charge in [0.15, 0.2) is 0 Å². The predicted octanol–water partition coefficient (Wildman–Crippen LogP) is 2.04. The average Bonchev–Trinajstić information content (AvgIpc) is 2.76. The number of carboxylic acids is 1. The van der Waals surface area contributed by atoms with Gasteiger partial charge >= 0.3 is 5.97 Å². The fourth-order valence-electron chi connectivity index (χ4n) is 2.53. The van der Waals surface area contributed by atoms with Crippen LogP contribution in [0, 0.1) is 5.92 Å². The van der Waals surface area contributed by atoms with E-state index in [4.69, 9.17) is 5.11 Å². The molecule has 1 unspecified atom stereocenters. The van der Waals surface area contributed by atoms with Crippen molar-refractivity contribution in [1.82, 2.24) is 9.88 Å². The van der Waals surface area contributed by atoms with E-state index in [-0.39, 0.29) is 6.42 Å². The van der Waals surface area contributed by atoms with E-state index in [1.165, 1.54) is 19.4 Å². The van der Waals surface area contributed by atoms with Crippen molar-refractivity contribution in [2.75, 3.05) is 19.6 Å². The van der Waals surface area contributed by atoms with E-state index in [1.807, 2.05) is 0 Å². The van der Waals surface area contributed by atoms with E-state index < -0.39 is 5.97 Å². The lowest BCUT2D eigenvalue weighted by Crippen LogP contribution is -2.35. The van der Waals surface area contributed by atoms with Gasteiger partial charge < -0.3 is 10.0 Å². The lowest BCUT2D eigenvalue weighted by atomic mass is 9.95. The number of rotatable bonds is 5. The monoisotopic (exact) mass is 268 g/mol. The fraction of sp³-hybridized carbons (Fsp3) is 0.692. The Morgan fingerprint density at radius 2 is 2.50 bits per heavy atom. The van der Waals surface area contributed by atoms with Crippen molar-refractivity contribution < 1.29 is 9.90 Å². The first kappa shape index (κ1) is 13.5. The van der Waals surface area contributed by atoms with Gasteiger partial charge in [-0.15, -0.1) is 11.3 Å². The largest absolute Gasteiger partial charge is 0.481 e. The summed E-state index contributed by atoms with van der Waals surface area (Å²) in [6, 6.07) is 0. The molecule has 5 heteroatoms. The minimum atomic E-state index is -0.778. The molecule has 1 atom stereocenters. The van der Waals surface area contributed by atoms with E-state index in [0.29, 0.717) is 5.92 Å². The minimum Gasteiger partial charge on any atom is -0.481 e. The maximum absolute atomic E-state index is 10.6. The molecule has 1 N–H and O–H groups in total. The number of carboxylic acid groups (broad SMARTS) is 1. The van der Waals surface area contributed by atoms with Crippen LogP contribution in [0.1, 0.15) is 29.7 Å². The number of aliphatic carboxylic acids is 1. The zero-order valence-corrected chi connectivity index (χ0v) is 11.6. The summed E-state index contributed by atoms with van der Waals surface area (Å²) in [6.07, 6.45) is 5.36. The highest BCUT2D eigenvalue weighted by Crippen LogP contribution is 2.23. The fourth-order valence-corrected chi connectivity index (χ4v) is 3.55. The second-order valence-corrected chi connectivity index (χ2v) is 6.10.